The van der Waals surface area contributed by atoms with Crippen LogP contribution in [0.15, 0.2) is 47.6 Å². The van der Waals surface area contributed by atoms with Crippen molar-refractivity contribution in [3.8, 4) is 11.3 Å². The van der Waals surface area contributed by atoms with Crippen LogP contribution in [0.25, 0.3) is 11.3 Å². The summed E-state index contributed by atoms with van der Waals surface area (Å²) in [6.07, 6.45) is 1.90. The highest BCUT2D eigenvalue weighted by atomic mass is 32.2. The van der Waals surface area contributed by atoms with Gasteiger partial charge in [-0.05, 0) is 42.7 Å². The van der Waals surface area contributed by atoms with Crippen LogP contribution in [0, 0.1) is 23.4 Å². The van der Waals surface area contributed by atoms with E-state index in [-0.39, 0.29) is 23.7 Å². The van der Waals surface area contributed by atoms with Gasteiger partial charge in [0.1, 0.15) is 28.8 Å². The number of carbonyl (C=O) groups excluding carboxylic acids is 1. The number of carbonyl (C=O) groups is 1. The van der Waals surface area contributed by atoms with E-state index in [4.69, 9.17) is 10.5 Å². The van der Waals surface area contributed by atoms with Crippen LogP contribution in [0.2, 0.25) is 0 Å². The van der Waals surface area contributed by atoms with Crippen molar-refractivity contribution in [3.63, 3.8) is 0 Å². The number of hydrogen-bond donors (Lipinski definition) is 3. The summed E-state index contributed by atoms with van der Waals surface area (Å²) < 4.78 is 73.5. The van der Waals surface area contributed by atoms with E-state index in [2.05, 4.69) is 15.3 Å². The number of aliphatic hydroxyl groups is 1. The molecule has 9 nitrogen and oxygen atoms in total. The summed E-state index contributed by atoms with van der Waals surface area (Å²) in [5, 5.41) is 13.0. The molecule has 39 heavy (non-hydrogen) atoms. The zero-order valence-corrected chi connectivity index (χ0v) is 22.0. The fraction of sp³-hybridized carbons (Fsp3) is 0.346. The fourth-order valence-electron chi connectivity index (χ4n) is 4.42. The first-order valence-electron chi connectivity index (χ1n) is 12.0. The Balaban J connectivity index is 1.65. The predicted molar refractivity (Wildman–Crippen MR) is 136 cm³/mol. The van der Waals surface area contributed by atoms with Crippen LogP contribution in [0.3, 0.4) is 0 Å². The van der Waals surface area contributed by atoms with Gasteiger partial charge in [0.25, 0.3) is 5.91 Å². The number of sulfone groups is 1. The topological polar surface area (TPSA) is 144 Å². The van der Waals surface area contributed by atoms with Crippen molar-refractivity contribution >= 4 is 21.4 Å². The lowest BCUT2D eigenvalue weighted by atomic mass is 9.88. The molecule has 3 aromatic rings. The monoisotopic (exact) mass is 564 g/mol. The molecule has 0 saturated carbocycles. The predicted octanol–water partition coefficient (Wildman–Crippen LogP) is 3.39. The first kappa shape index (κ1) is 28.6. The molecular formula is C26H27F3N4O5S. The van der Waals surface area contributed by atoms with Crippen LogP contribution in [0.1, 0.15) is 42.4 Å². The van der Waals surface area contributed by atoms with Crippen LogP contribution >= 0.6 is 0 Å². The number of benzene rings is 1. The quantitative estimate of drug-likeness (QED) is 0.413. The van der Waals surface area contributed by atoms with Crippen molar-refractivity contribution in [3.05, 3.63) is 71.4 Å². The molecule has 1 aliphatic rings. The van der Waals surface area contributed by atoms with Gasteiger partial charge in [-0.2, -0.15) is 0 Å². The van der Waals surface area contributed by atoms with Gasteiger partial charge in [-0.15, -0.1) is 0 Å². The second-order valence-electron chi connectivity index (χ2n) is 9.70. The SMILES string of the molecule is CC(C)[C@H]1O[C@@H](c2ccncc2NC(=O)c2ccc(F)c(-c3c(F)cc(S(C)(=O)=O)cc3F)n2)C[C@@H](N)[C@@H]1O. The average Bonchev–Trinajstić information content (AvgIpc) is 2.85. The van der Waals surface area contributed by atoms with Crippen molar-refractivity contribution in [2.24, 2.45) is 11.7 Å². The molecule has 4 N–H and O–H groups in total. The van der Waals surface area contributed by atoms with Crippen molar-refractivity contribution in [1.82, 2.24) is 9.97 Å². The molecule has 0 bridgehead atoms. The Labute approximate surface area is 223 Å². The molecule has 13 heteroatoms. The molecule has 1 saturated heterocycles. The second kappa shape index (κ2) is 11.0. The van der Waals surface area contributed by atoms with Gasteiger partial charge in [-0.3, -0.25) is 9.78 Å². The third-order valence-electron chi connectivity index (χ3n) is 6.45. The van der Waals surface area contributed by atoms with E-state index in [0.29, 0.717) is 17.7 Å². The minimum Gasteiger partial charge on any atom is -0.389 e. The van der Waals surface area contributed by atoms with Crippen molar-refractivity contribution < 1.29 is 36.2 Å². The molecular weight excluding hydrogens is 537 g/mol. The number of rotatable bonds is 6. The number of hydrogen-bond acceptors (Lipinski definition) is 8. The number of pyridine rings is 2. The number of anilines is 1. The largest absolute Gasteiger partial charge is 0.389 e. The lowest BCUT2D eigenvalue weighted by Crippen LogP contribution is -2.51. The standard InChI is InChI=1S/C26H27F3N4O5S/c1-12(2)25-24(34)18(30)10-21(38-25)14-6-7-31-11-20(14)33-26(35)19-5-4-15(27)23(32-19)22-16(28)8-13(9-17(22)29)39(3,36)37/h4-9,11-12,18,21,24-25,34H,10,30H2,1-3H3,(H,33,35)/t18-,21-,24+,25-/m1/s1. The number of amides is 1. The minimum absolute atomic E-state index is 0.0390. The highest BCUT2D eigenvalue weighted by molar-refractivity contribution is 7.90. The fourth-order valence-corrected chi connectivity index (χ4v) is 5.05. The average molecular weight is 565 g/mol. The number of nitrogens with zero attached hydrogens (tertiary/aromatic N) is 2. The Kier molecular flexibility index (Phi) is 8.07. The molecule has 0 unspecified atom stereocenters. The van der Waals surface area contributed by atoms with Crippen LogP contribution in [0.5, 0.6) is 0 Å². The van der Waals surface area contributed by atoms with E-state index in [0.717, 1.165) is 18.4 Å². The zero-order valence-electron chi connectivity index (χ0n) is 21.2. The first-order valence-corrected chi connectivity index (χ1v) is 13.9. The smallest absolute Gasteiger partial charge is 0.274 e. The van der Waals surface area contributed by atoms with Crippen LogP contribution < -0.4 is 11.1 Å². The molecule has 1 amide bonds. The normalized spacial score (nSPS) is 21.7. The number of aliphatic hydroxyl groups excluding tert-OH is 1. The van der Waals surface area contributed by atoms with E-state index in [9.17, 15) is 31.5 Å². The van der Waals surface area contributed by atoms with E-state index in [1.807, 2.05) is 13.8 Å². The lowest BCUT2D eigenvalue weighted by Gasteiger charge is -2.40. The van der Waals surface area contributed by atoms with Gasteiger partial charge in [-0.25, -0.2) is 26.6 Å². The summed E-state index contributed by atoms with van der Waals surface area (Å²) in [6, 6.07) is 4.01. The molecule has 1 aromatic carbocycles. The van der Waals surface area contributed by atoms with Gasteiger partial charge in [0, 0.05) is 24.1 Å². The van der Waals surface area contributed by atoms with Crippen LogP contribution in [-0.2, 0) is 14.6 Å². The second-order valence-corrected chi connectivity index (χ2v) is 11.7. The highest BCUT2D eigenvalue weighted by Crippen LogP contribution is 2.37. The van der Waals surface area contributed by atoms with Crippen molar-refractivity contribution in [2.45, 2.75) is 49.5 Å². The maximum atomic E-state index is 14.7. The Morgan fingerprint density at radius 1 is 1.15 bits per heavy atom. The molecule has 4 rings (SSSR count). The third-order valence-corrected chi connectivity index (χ3v) is 7.54. The van der Waals surface area contributed by atoms with Gasteiger partial charge in [-0.1, -0.05) is 13.8 Å². The minimum atomic E-state index is -3.94. The number of halogens is 3. The van der Waals surface area contributed by atoms with E-state index in [1.165, 1.54) is 12.4 Å². The van der Waals surface area contributed by atoms with E-state index >= 15 is 0 Å². The molecule has 3 heterocycles. The summed E-state index contributed by atoms with van der Waals surface area (Å²) in [6.45, 7) is 3.77. The van der Waals surface area contributed by atoms with Crippen LogP contribution in [0.4, 0.5) is 18.9 Å². The molecule has 2 aromatic heterocycles. The van der Waals surface area contributed by atoms with Crippen molar-refractivity contribution in [1.29, 1.82) is 0 Å². The molecule has 0 spiro atoms. The number of ether oxygens (including phenoxy) is 1. The Morgan fingerprint density at radius 3 is 2.44 bits per heavy atom. The molecule has 1 aliphatic heterocycles. The maximum absolute atomic E-state index is 14.7. The molecule has 1 fully saturated rings. The zero-order chi connectivity index (χ0) is 28.6. The summed E-state index contributed by atoms with van der Waals surface area (Å²) in [4.78, 5) is 20.3. The number of aromatic nitrogens is 2. The Bertz CT molecular complexity index is 1500. The molecule has 0 aliphatic carbocycles. The Morgan fingerprint density at radius 2 is 1.82 bits per heavy atom. The summed E-state index contributed by atoms with van der Waals surface area (Å²) in [5.74, 6) is -4.72. The van der Waals surface area contributed by atoms with Gasteiger partial charge in [0.15, 0.2) is 9.84 Å². The van der Waals surface area contributed by atoms with Crippen LogP contribution in [-0.4, -0.2) is 53.9 Å². The Hall–Kier alpha value is -3.39. The summed E-state index contributed by atoms with van der Waals surface area (Å²) in [7, 11) is -3.94. The summed E-state index contributed by atoms with van der Waals surface area (Å²) >= 11 is 0. The van der Waals surface area contributed by atoms with Gasteiger partial charge >= 0.3 is 0 Å². The molecule has 0 radical (unpaired) electrons. The molecule has 4 atom stereocenters. The van der Waals surface area contributed by atoms with E-state index < -0.39 is 73.7 Å². The molecule has 208 valence electrons. The summed E-state index contributed by atoms with van der Waals surface area (Å²) in [5.41, 5.74) is 4.82. The van der Waals surface area contributed by atoms with Gasteiger partial charge in [0.05, 0.1) is 40.7 Å². The van der Waals surface area contributed by atoms with E-state index in [1.54, 1.807) is 6.07 Å². The number of nitrogens with two attached hydrogens (primary N) is 1. The third kappa shape index (κ3) is 5.96. The number of nitrogens with one attached hydrogen (secondary N) is 1. The first-order chi connectivity index (χ1) is 18.3. The lowest BCUT2D eigenvalue weighted by molar-refractivity contribution is -0.145. The maximum Gasteiger partial charge on any atom is 0.274 e. The van der Waals surface area contributed by atoms with Gasteiger partial charge in [0.2, 0.25) is 0 Å². The highest BCUT2D eigenvalue weighted by Gasteiger charge is 2.38. The van der Waals surface area contributed by atoms with Crippen molar-refractivity contribution in [2.75, 3.05) is 11.6 Å². The van der Waals surface area contributed by atoms with Gasteiger partial charge < -0.3 is 20.9 Å².